The first-order chi connectivity index (χ1) is 10.1. The van der Waals surface area contributed by atoms with Gasteiger partial charge in [0.15, 0.2) is 0 Å². The number of nitrogens with zero attached hydrogens (tertiary/aromatic N) is 1. The van der Waals surface area contributed by atoms with Crippen LogP contribution in [0.25, 0.3) is 10.8 Å². The molecule has 1 aliphatic heterocycles. The lowest BCUT2D eigenvalue weighted by Gasteiger charge is -2.32. The van der Waals surface area contributed by atoms with E-state index >= 15 is 0 Å². The van der Waals surface area contributed by atoms with E-state index in [9.17, 15) is 19.8 Å². The number of aliphatic hydroxyl groups excluding tert-OH is 2. The molecule has 0 radical (unpaired) electrons. The van der Waals surface area contributed by atoms with Crippen molar-refractivity contribution >= 4 is 38.5 Å². The lowest BCUT2D eigenvalue weighted by molar-refractivity contribution is 0.0375. The number of aliphatic hydroxyl groups is 2. The molecule has 2 aromatic carbocycles. The third-order valence-electron chi connectivity index (χ3n) is 3.67. The van der Waals surface area contributed by atoms with Crippen molar-refractivity contribution in [3.05, 3.63) is 45.9 Å². The summed E-state index contributed by atoms with van der Waals surface area (Å²) >= 11 is 3.41. The fraction of sp³-hybridized carbons (Fsp3) is 0.200. The van der Waals surface area contributed by atoms with E-state index in [1.807, 2.05) is 6.07 Å². The Hall–Kier alpha value is -1.76. The van der Waals surface area contributed by atoms with Crippen LogP contribution in [0.3, 0.4) is 0 Å². The van der Waals surface area contributed by atoms with E-state index in [1.165, 1.54) is 0 Å². The van der Waals surface area contributed by atoms with Crippen molar-refractivity contribution in [2.45, 2.75) is 6.04 Å². The zero-order valence-electron chi connectivity index (χ0n) is 10.9. The maximum Gasteiger partial charge on any atom is 0.261 e. The van der Waals surface area contributed by atoms with Crippen LogP contribution >= 0.6 is 15.9 Å². The van der Waals surface area contributed by atoms with Gasteiger partial charge >= 0.3 is 0 Å². The van der Waals surface area contributed by atoms with Crippen molar-refractivity contribution in [2.75, 3.05) is 13.2 Å². The molecule has 1 aliphatic rings. The fourth-order valence-electron chi connectivity index (χ4n) is 2.63. The second-order valence-electron chi connectivity index (χ2n) is 4.82. The minimum atomic E-state index is -0.933. The van der Waals surface area contributed by atoms with Gasteiger partial charge in [-0.3, -0.25) is 14.5 Å². The van der Waals surface area contributed by atoms with Gasteiger partial charge in [0.2, 0.25) is 0 Å². The van der Waals surface area contributed by atoms with Gasteiger partial charge in [0.05, 0.1) is 19.3 Å². The Bertz CT molecular complexity index is 732. The predicted octanol–water partition coefficient (Wildman–Crippen LogP) is 1.55. The first kappa shape index (κ1) is 14.2. The molecule has 6 heteroatoms. The van der Waals surface area contributed by atoms with Gasteiger partial charge in [0, 0.05) is 21.0 Å². The first-order valence-electron chi connectivity index (χ1n) is 6.41. The molecule has 0 aromatic heterocycles. The molecule has 21 heavy (non-hydrogen) atoms. The van der Waals surface area contributed by atoms with Crippen LogP contribution in [-0.2, 0) is 0 Å². The van der Waals surface area contributed by atoms with E-state index in [0.717, 1.165) is 14.8 Å². The number of hydrogen-bond donors (Lipinski definition) is 2. The van der Waals surface area contributed by atoms with E-state index in [2.05, 4.69) is 15.9 Å². The van der Waals surface area contributed by atoms with E-state index in [-0.39, 0.29) is 0 Å². The molecule has 0 spiro atoms. The number of hydrogen-bond acceptors (Lipinski definition) is 4. The highest BCUT2D eigenvalue weighted by Gasteiger charge is 2.37. The topological polar surface area (TPSA) is 77.8 Å². The van der Waals surface area contributed by atoms with Gasteiger partial charge in [-0.15, -0.1) is 0 Å². The third-order valence-corrected chi connectivity index (χ3v) is 4.36. The highest BCUT2D eigenvalue weighted by Crippen LogP contribution is 2.34. The molecule has 0 aliphatic carbocycles. The minimum Gasteiger partial charge on any atom is -0.394 e. The average molecular weight is 350 g/mol. The number of carbonyl (C=O) groups is 2. The molecule has 2 amide bonds. The minimum absolute atomic E-state index is 0.398. The zero-order chi connectivity index (χ0) is 15.1. The van der Waals surface area contributed by atoms with Gasteiger partial charge in [-0.25, -0.2) is 0 Å². The summed E-state index contributed by atoms with van der Waals surface area (Å²) in [5.74, 6) is -0.992. The summed E-state index contributed by atoms with van der Waals surface area (Å²) in [6, 6.07) is 7.68. The maximum absolute atomic E-state index is 12.6. The molecule has 0 saturated carbocycles. The van der Waals surface area contributed by atoms with Crippen LogP contribution in [0.4, 0.5) is 0 Å². The standard InChI is InChI=1S/C15H12BrNO4/c16-12-5-4-11-13-9(12)2-1-3-10(13)14(20)17(15(11)21)8(6-18)7-19/h1-5,8,18-19H,6-7H2. The summed E-state index contributed by atoms with van der Waals surface area (Å²) in [7, 11) is 0. The first-order valence-corrected chi connectivity index (χ1v) is 7.20. The van der Waals surface area contributed by atoms with Crippen molar-refractivity contribution < 1.29 is 19.8 Å². The summed E-state index contributed by atoms with van der Waals surface area (Å²) in [5.41, 5.74) is 0.797. The Morgan fingerprint density at radius 1 is 1.00 bits per heavy atom. The molecule has 3 rings (SSSR count). The van der Waals surface area contributed by atoms with Crippen molar-refractivity contribution in [1.82, 2.24) is 4.90 Å². The fourth-order valence-corrected chi connectivity index (χ4v) is 3.09. The van der Waals surface area contributed by atoms with E-state index in [0.29, 0.717) is 16.5 Å². The molecule has 0 fully saturated rings. The van der Waals surface area contributed by atoms with Gasteiger partial charge in [-0.2, -0.15) is 0 Å². The van der Waals surface area contributed by atoms with E-state index in [1.54, 1.807) is 24.3 Å². The SMILES string of the molecule is O=C1c2cccc3c(Br)ccc(c23)C(=O)N1C(CO)CO. The molecular formula is C15H12BrNO4. The van der Waals surface area contributed by atoms with Gasteiger partial charge in [-0.05, 0) is 23.6 Å². The van der Waals surface area contributed by atoms with Crippen LogP contribution in [0.15, 0.2) is 34.8 Å². The Balaban J connectivity index is 2.29. The van der Waals surface area contributed by atoms with Crippen molar-refractivity contribution in [1.29, 1.82) is 0 Å². The van der Waals surface area contributed by atoms with Crippen LogP contribution < -0.4 is 0 Å². The number of rotatable bonds is 3. The van der Waals surface area contributed by atoms with E-state index < -0.39 is 31.1 Å². The number of halogens is 1. The number of carbonyl (C=O) groups excluding carboxylic acids is 2. The Morgan fingerprint density at radius 3 is 2.24 bits per heavy atom. The van der Waals surface area contributed by atoms with Gasteiger partial charge in [0.1, 0.15) is 0 Å². The number of imide groups is 1. The highest BCUT2D eigenvalue weighted by molar-refractivity contribution is 9.10. The molecule has 108 valence electrons. The van der Waals surface area contributed by atoms with Gasteiger partial charge < -0.3 is 10.2 Å². The summed E-state index contributed by atoms with van der Waals surface area (Å²) in [6.07, 6.45) is 0. The lowest BCUT2D eigenvalue weighted by atomic mass is 9.93. The van der Waals surface area contributed by atoms with Crippen LogP contribution in [0.5, 0.6) is 0 Å². The van der Waals surface area contributed by atoms with E-state index in [4.69, 9.17) is 0 Å². The Labute approximate surface area is 128 Å². The molecule has 2 N–H and O–H groups in total. The Kier molecular flexibility index (Phi) is 3.52. The highest BCUT2D eigenvalue weighted by atomic mass is 79.9. The van der Waals surface area contributed by atoms with Crippen molar-refractivity contribution in [2.24, 2.45) is 0 Å². The molecule has 1 heterocycles. The Morgan fingerprint density at radius 2 is 1.62 bits per heavy atom. The van der Waals surface area contributed by atoms with Crippen LogP contribution in [0, 0.1) is 0 Å². The quantitative estimate of drug-likeness (QED) is 0.824. The smallest absolute Gasteiger partial charge is 0.261 e. The summed E-state index contributed by atoms with van der Waals surface area (Å²) < 4.78 is 0.804. The molecule has 0 saturated heterocycles. The second-order valence-corrected chi connectivity index (χ2v) is 5.68. The normalized spacial score (nSPS) is 14.4. The molecule has 0 unspecified atom stereocenters. The monoisotopic (exact) mass is 349 g/mol. The summed E-state index contributed by atoms with van der Waals surface area (Å²) in [5, 5.41) is 20.0. The van der Waals surface area contributed by atoms with Crippen LogP contribution in [-0.4, -0.2) is 46.2 Å². The average Bonchev–Trinajstić information content (AvgIpc) is 2.50. The second kappa shape index (κ2) is 5.22. The van der Waals surface area contributed by atoms with Crippen molar-refractivity contribution in [3.8, 4) is 0 Å². The zero-order valence-corrected chi connectivity index (χ0v) is 12.5. The summed E-state index contributed by atoms with van der Waals surface area (Å²) in [6.45, 7) is -0.953. The van der Waals surface area contributed by atoms with Crippen LogP contribution in [0.1, 0.15) is 20.7 Å². The number of amides is 2. The molecule has 2 aromatic rings. The lowest BCUT2D eigenvalue weighted by Crippen LogP contribution is -2.50. The maximum atomic E-state index is 12.6. The van der Waals surface area contributed by atoms with Gasteiger partial charge in [0.25, 0.3) is 11.8 Å². The largest absolute Gasteiger partial charge is 0.394 e. The predicted molar refractivity (Wildman–Crippen MR) is 80.1 cm³/mol. The number of benzene rings is 2. The molecular weight excluding hydrogens is 338 g/mol. The van der Waals surface area contributed by atoms with Crippen LogP contribution in [0.2, 0.25) is 0 Å². The third kappa shape index (κ3) is 1.98. The van der Waals surface area contributed by atoms with Crippen molar-refractivity contribution in [3.63, 3.8) is 0 Å². The molecule has 5 nitrogen and oxygen atoms in total. The molecule has 0 bridgehead atoms. The molecule has 0 atom stereocenters. The summed E-state index contributed by atoms with van der Waals surface area (Å²) in [4.78, 5) is 26.0. The van der Waals surface area contributed by atoms with Gasteiger partial charge in [-0.1, -0.05) is 28.1 Å².